The number of thioether (sulfide) groups is 1. The first-order chi connectivity index (χ1) is 11.7. The summed E-state index contributed by atoms with van der Waals surface area (Å²) in [6.07, 6.45) is 3.93. The molecule has 9 heteroatoms. The highest BCUT2D eigenvalue weighted by atomic mass is 32.2. The van der Waals surface area contributed by atoms with Crippen molar-refractivity contribution in [2.45, 2.75) is 57.7 Å². The van der Waals surface area contributed by atoms with E-state index >= 15 is 0 Å². The van der Waals surface area contributed by atoms with E-state index in [1.807, 2.05) is 20.1 Å². The molecule has 0 bridgehead atoms. The predicted octanol–water partition coefficient (Wildman–Crippen LogP) is -0.0940. The van der Waals surface area contributed by atoms with Gasteiger partial charge in [-0.25, -0.2) is 4.79 Å². The molecule has 146 valence electrons. The number of hydrogen-bond acceptors (Lipinski definition) is 6. The molecule has 0 spiro atoms. The molecule has 0 fully saturated rings. The summed E-state index contributed by atoms with van der Waals surface area (Å²) in [6, 6.07) is -2.52. The first kappa shape index (κ1) is 23.7. The van der Waals surface area contributed by atoms with E-state index in [0.29, 0.717) is 38.0 Å². The lowest BCUT2D eigenvalue weighted by Crippen LogP contribution is -2.55. The van der Waals surface area contributed by atoms with Gasteiger partial charge in [0.15, 0.2) is 0 Å². The number of carbonyl (C=O) groups is 3. The SMILES string of the molecule is CSCCC(NC(=O)C(CCCCN)NC(=O)C(N)C(C)C)C(=O)O. The highest BCUT2D eigenvalue weighted by Gasteiger charge is 2.28. The first-order valence-corrected chi connectivity index (χ1v) is 9.92. The van der Waals surface area contributed by atoms with Crippen LogP contribution in [0.15, 0.2) is 0 Å². The highest BCUT2D eigenvalue weighted by molar-refractivity contribution is 7.98. The van der Waals surface area contributed by atoms with Crippen molar-refractivity contribution in [3.8, 4) is 0 Å². The minimum Gasteiger partial charge on any atom is -0.480 e. The standard InChI is InChI=1S/C16H32N4O4S/c1-10(2)13(18)15(22)19-11(6-4-5-8-17)14(21)20-12(16(23)24)7-9-25-3/h10-13H,4-9,17-18H2,1-3H3,(H,19,22)(H,20,21)(H,23,24). The summed E-state index contributed by atoms with van der Waals surface area (Å²) in [5.74, 6) is -1.47. The molecule has 2 amide bonds. The molecule has 0 saturated carbocycles. The molecule has 0 aliphatic rings. The molecule has 0 aromatic rings. The molecule has 3 atom stereocenters. The fourth-order valence-corrected chi connectivity index (χ4v) is 2.57. The monoisotopic (exact) mass is 376 g/mol. The Balaban J connectivity index is 4.94. The molecule has 3 unspecified atom stereocenters. The highest BCUT2D eigenvalue weighted by Crippen LogP contribution is 2.06. The van der Waals surface area contributed by atoms with Crippen LogP contribution in [0.25, 0.3) is 0 Å². The number of carboxylic acids is 1. The zero-order chi connectivity index (χ0) is 19.4. The number of aliphatic carboxylic acids is 1. The van der Waals surface area contributed by atoms with Crippen LogP contribution in [-0.4, -0.2) is 59.6 Å². The van der Waals surface area contributed by atoms with Crippen molar-refractivity contribution in [1.29, 1.82) is 0 Å². The van der Waals surface area contributed by atoms with Crippen molar-refractivity contribution in [2.24, 2.45) is 17.4 Å². The van der Waals surface area contributed by atoms with Crippen LogP contribution in [0.1, 0.15) is 39.5 Å². The van der Waals surface area contributed by atoms with E-state index in [-0.39, 0.29) is 5.92 Å². The Bertz CT molecular complexity index is 434. The van der Waals surface area contributed by atoms with Crippen LogP contribution in [-0.2, 0) is 14.4 Å². The summed E-state index contributed by atoms with van der Waals surface area (Å²) in [5.41, 5.74) is 11.3. The largest absolute Gasteiger partial charge is 0.480 e. The van der Waals surface area contributed by atoms with Crippen LogP contribution in [0.4, 0.5) is 0 Å². The smallest absolute Gasteiger partial charge is 0.326 e. The lowest BCUT2D eigenvalue weighted by atomic mass is 10.0. The quantitative estimate of drug-likeness (QED) is 0.282. The van der Waals surface area contributed by atoms with Crippen molar-refractivity contribution in [3.63, 3.8) is 0 Å². The van der Waals surface area contributed by atoms with Crippen molar-refractivity contribution < 1.29 is 19.5 Å². The molecule has 0 rings (SSSR count). The number of amides is 2. The third kappa shape index (κ3) is 9.66. The van der Waals surface area contributed by atoms with E-state index in [1.165, 1.54) is 11.8 Å². The van der Waals surface area contributed by atoms with E-state index in [9.17, 15) is 19.5 Å². The Morgan fingerprint density at radius 2 is 1.64 bits per heavy atom. The molecule has 0 heterocycles. The van der Waals surface area contributed by atoms with Crippen LogP contribution in [0.5, 0.6) is 0 Å². The summed E-state index contributed by atoms with van der Waals surface area (Å²) in [7, 11) is 0. The summed E-state index contributed by atoms with van der Waals surface area (Å²) >= 11 is 1.50. The minimum atomic E-state index is -1.09. The maximum Gasteiger partial charge on any atom is 0.326 e. The maximum absolute atomic E-state index is 12.5. The fourth-order valence-electron chi connectivity index (χ4n) is 2.10. The zero-order valence-corrected chi connectivity index (χ0v) is 16.1. The van der Waals surface area contributed by atoms with E-state index in [4.69, 9.17) is 11.5 Å². The van der Waals surface area contributed by atoms with Crippen molar-refractivity contribution in [3.05, 3.63) is 0 Å². The second-order valence-electron chi connectivity index (χ2n) is 6.30. The zero-order valence-electron chi connectivity index (χ0n) is 15.3. The lowest BCUT2D eigenvalue weighted by Gasteiger charge is -2.24. The number of carbonyl (C=O) groups excluding carboxylic acids is 2. The molecular formula is C16H32N4O4S. The van der Waals surface area contributed by atoms with Gasteiger partial charge in [0.05, 0.1) is 6.04 Å². The Hall–Kier alpha value is -1.32. The Morgan fingerprint density at radius 1 is 1.04 bits per heavy atom. The van der Waals surface area contributed by atoms with Gasteiger partial charge in [0.25, 0.3) is 0 Å². The number of nitrogens with one attached hydrogen (secondary N) is 2. The summed E-state index contributed by atoms with van der Waals surface area (Å²) < 4.78 is 0. The average molecular weight is 377 g/mol. The van der Waals surface area contributed by atoms with Crippen LogP contribution in [0, 0.1) is 5.92 Å². The van der Waals surface area contributed by atoms with Gasteiger partial charge in [-0.1, -0.05) is 13.8 Å². The third-order valence-electron chi connectivity index (χ3n) is 3.83. The molecular weight excluding hydrogens is 344 g/mol. The number of unbranched alkanes of at least 4 members (excludes halogenated alkanes) is 1. The fraction of sp³-hybridized carbons (Fsp3) is 0.812. The molecule has 0 saturated heterocycles. The van der Waals surface area contributed by atoms with Gasteiger partial charge in [0, 0.05) is 0 Å². The van der Waals surface area contributed by atoms with Gasteiger partial charge in [-0.2, -0.15) is 11.8 Å². The molecule has 0 aliphatic heterocycles. The molecule has 0 radical (unpaired) electrons. The van der Waals surface area contributed by atoms with Gasteiger partial charge < -0.3 is 27.2 Å². The van der Waals surface area contributed by atoms with Gasteiger partial charge >= 0.3 is 5.97 Å². The molecule has 7 N–H and O–H groups in total. The van der Waals surface area contributed by atoms with Crippen LogP contribution < -0.4 is 22.1 Å². The van der Waals surface area contributed by atoms with Gasteiger partial charge in [0.1, 0.15) is 12.1 Å². The summed E-state index contributed by atoms with van der Waals surface area (Å²) in [6.45, 7) is 4.12. The van der Waals surface area contributed by atoms with Crippen molar-refractivity contribution >= 4 is 29.5 Å². The number of rotatable bonds is 13. The molecule has 8 nitrogen and oxygen atoms in total. The second kappa shape index (κ2) is 13.0. The summed E-state index contributed by atoms with van der Waals surface area (Å²) in [4.78, 5) is 35.9. The van der Waals surface area contributed by atoms with Crippen LogP contribution in [0.2, 0.25) is 0 Å². The normalized spacial score (nSPS) is 14.6. The van der Waals surface area contributed by atoms with Crippen molar-refractivity contribution in [1.82, 2.24) is 10.6 Å². The van der Waals surface area contributed by atoms with Gasteiger partial charge in [0.2, 0.25) is 11.8 Å². The summed E-state index contributed by atoms with van der Waals surface area (Å²) in [5, 5.41) is 14.4. The minimum absolute atomic E-state index is 0.0684. The topological polar surface area (TPSA) is 148 Å². The molecule has 0 aromatic heterocycles. The average Bonchev–Trinajstić information content (AvgIpc) is 2.56. The lowest BCUT2D eigenvalue weighted by molar-refractivity contribution is -0.142. The van der Waals surface area contributed by atoms with E-state index in [1.54, 1.807) is 0 Å². The van der Waals surface area contributed by atoms with Gasteiger partial charge in [-0.05, 0) is 50.2 Å². The number of carboxylic acid groups (broad SMARTS) is 1. The Morgan fingerprint density at radius 3 is 2.12 bits per heavy atom. The first-order valence-electron chi connectivity index (χ1n) is 8.52. The van der Waals surface area contributed by atoms with Crippen LogP contribution in [0.3, 0.4) is 0 Å². The van der Waals surface area contributed by atoms with Gasteiger partial charge in [-0.3, -0.25) is 9.59 Å². The van der Waals surface area contributed by atoms with E-state index < -0.39 is 35.9 Å². The van der Waals surface area contributed by atoms with Crippen molar-refractivity contribution in [2.75, 3.05) is 18.6 Å². The Labute approximate surface area is 153 Å². The number of nitrogens with two attached hydrogens (primary N) is 2. The molecule has 25 heavy (non-hydrogen) atoms. The molecule has 0 aromatic carbocycles. The molecule has 0 aliphatic carbocycles. The third-order valence-corrected chi connectivity index (χ3v) is 4.47. The maximum atomic E-state index is 12.5. The van der Waals surface area contributed by atoms with Gasteiger partial charge in [-0.15, -0.1) is 0 Å². The van der Waals surface area contributed by atoms with E-state index in [2.05, 4.69) is 10.6 Å². The number of hydrogen-bond donors (Lipinski definition) is 5. The second-order valence-corrected chi connectivity index (χ2v) is 7.28. The Kier molecular flexibility index (Phi) is 12.3. The van der Waals surface area contributed by atoms with E-state index in [0.717, 1.165) is 0 Å². The van der Waals surface area contributed by atoms with Crippen LogP contribution >= 0.6 is 11.8 Å². The predicted molar refractivity (Wildman–Crippen MR) is 100 cm³/mol.